The first kappa shape index (κ1) is 15.4. The molecule has 0 saturated carbocycles. The van der Waals surface area contributed by atoms with Crippen molar-refractivity contribution >= 4 is 18.0 Å². The summed E-state index contributed by atoms with van der Waals surface area (Å²) in [6, 6.07) is 9.35. The van der Waals surface area contributed by atoms with E-state index in [9.17, 15) is 13.2 Å². The number of halogens is 3. The molecule has 8 heteroatoms. The molecule has 0 aliphatic rings. The smallest absolute Gasteiger partial charge is 0.411 e. The highest BCUT2D eigenvalue weighted by Crippen LogP contribution is 2.35. The van der Waals surface area contributed by atoms with Gasteiger partial charge in [0.2, 0.25) is 0 Å². The number of alkyl halides is 3. The maximum Gasteiger partial charge on any atom is 0.435 e. The van der Waals surface area contributed by atoms with Gasteiger partial charge in [-0.2, -0.15) is 18.3 Å². The Morgan fingerprint density at radius 3 is 2.57 bits per heavy atom. The summed E-state index contributed by atoms with van der Waals surface area (Å²) in [6.45, 7) is 0. The molecule has 112 valence electrons. The maximum absolute atomic E-state index is 12.9. The van der Waals surface area contributed by atoms with Gasteiger partial charge in [0.15, 0.2) is 5.69 Å². The van der Waals surface area contributed by atoms with E-state index in [0.29, 0.717) is 10.8 Å². The molecule has 2 rings (SSSR count). The summed E-state index contributed by atoms with van der Waals surface area (Å²) >= 11 is 1.20. The number of aryl methyl sites for hydroxylation is 1. The molecule has 0 aliphatic heterocycles. The van der Waals surface area contributed by atoms with Crippen molar-refractivity contribution in [3.05, 3.63) is 47.2 Å². The van der Waals surface area contributed by atoms with Crippen molar-refractivity contribution in [2.45, 2.75) is 17.0 Å². The minimum atomic E-state index is -4.60. The molecule has 0 aliphatic carbocycles. The van der Waals surface area contributed by atoms with Gasteiger partial charge >= 0.3 is 6.18 Å². The first-order chi connectivity index (χ1) is 9.93. The second kappa shape index (κ2) is 6.21. The second-order valence-electron chi connectivity index (χ2n) is 4.21. The Morgan fingerprint density at radius 2 is 2.00 bits per heavy atom. The van der Waals surface area contributed by atoms with E-state index in [-0.39, 0.29) is 5.56 Å². The maximum atomic E-state index is 12.9. The summed E-state index contributed by atoms with van der Waals surface area (Å²) in [6.07, 6.45) is -3.83. The summed E-state index contributed by atoms with van der Waals surface area (Å²) in [5.41, 5.74) is -0.309. The van der Waals surface area contributed by atoms with Gasteiger partial charge in [-0.25, -0.2) is 0 Å². The number of benzene rings is 1. The van der Waals surface area contributed by atoms with Crippen LogP contribution in [0.4, 0.5) is 13.2 Å². The van der Waals surface area contributed by atoms with Crippen LogP contribution in [0.25, 0.3) is 0 Å². The van der Waals surface area contributed by atoms with Crippen LogP contribution < -0.4 is 0 Å². The van der Waals surface area contributed by atoms with Crippen LogP contribution in [-0.4, -0.2) is 21.2 Å². The lowest BCUT2D eigenvalue weighted by molar-refractivity contribution is -0.141. The van der Waals surface area contributed by atoms with Crippen LogP contribution in [0.5, 0.6) is 0 Å². The fourth-order valence-electron chi connectivity index (χ4n) is 1.81. The van der Waals surface area contributed by atoms with Crippen LogP contribution in [-0.2, 0) is 19.0 Å². The Hall–Kier alpha value is -1.96. The summed E-state index contributed by atoms with van der Waals surface area (Å²) in [5.74, 6) is 0.490. The first-order valence-electron chi connectivity index (χ1n) is 5.92. The number of oxime groups is 1. The summed E-state index contributed by atoms with van der Waals surface area (Å²) < 4.78 is 39.8. The third kappa shape index (κ3) is 3.57. The minimum absolute atomic E-state index is 0.228. The van der Waals surface area contributed by atoms with E-state index in [4.69, 9.17) is 5.21 Å². The van der Waals surface area contributed by atoms with Crippen LogP contribution >= 0.6 is 11.8 Å². The van der Waals surface area contributed by atoms with E-state index in [1.165, 1.54) is 18.8 Å². The molecule has 0 saturated heterocycles. The normalized spacial score (nSPS) is 12.2. The highest BCUT2D eigenvalue weighted by atomic mass is 32.2. The van der Waals surface area contributed by atoms with Crippen LogP contribution in [0.1, 0.15) is 16.8 Å². The number of thioether (sulfide) groups is 1. The van der Waals surface area contributed by atoms with Gasteiger partial charge in [0.1, 0.15) is 5.03 Å². The predicted molar refractivity (Wildman–Crippen MR) is 73.6 cm³/mol. The van der Waals surface area contributed by atoms with Crippen molar-refractivity contribution in [1.29, 1.82) is 0 Å². The SMILES string of the molecule is Cn1nc(C(F)(F)F)c(/C=N/O)c1SCc1ccccc1. The summed E-state index contributed by atoms with van der Waals surface area (Å²) in [5, 5.41) is 15.1. The molecule has 1 N–H and O–H groups in total. The minimum Gasteiger partial charge on any atom is -0.411 e. The second-order valence-corrected chi connectivity index (χ2v) is 5.17. The number of aromatic nitrogens is 2. The molecule has 0 bridgehead atoms. The predicted octanol–water partition coefficient (Wildman–Crippen LogP) is 3.54. The van der Waals surface area contributed by atoms with E-state index < -0.39 is 11.9 Å². The van der Waals surface area contributed by atoms with Crippen molar-refractivity contribution in [2.75, 3.05) is 0 Å². The van der Waals surface area contributed by atoms with Gasteiger partial charge < -0.3 is 5.21 Å². The number of rotatable bonds is 4. The van der Waals surface area contributed by atoms with Gasteiger partial charge in [-0.15, -0.1) is 11.8 Å². The number of nitrogens with zero attached hydrogens (tertiary/aromatic N) is 3. The molecule has 0 atom stereocenters. The number of hydrogen-bond acceptors (Lipinski definition) is 4. The zero-order valence-corrected chi connectivity index (χ0v) is 11.8. The van der Waals surface area contributed by atoms with E-state index >= 15 is 0 Å². The largest absolute Gasteiger partial charge is 0.435 e. The molecule has 0 fully saturated rings. The fraction of sp³-hybridized carbons (Fsp3) is 0.231. The lowest BCUT2D eigenvalue weighted by Gasteiger charge is -2.04. The monoisotopic (exact) mass is 315 g/mol. The Morgan fingerprint density at radius 1 is 1.33 bits per heavy atom. The lowest BCUT2D eigenvalue weighted by atomic mass is 10.2. The van der Waals surface area contributed by atoms with E-state index in [1.54, 1.807) is 0 Å². The van der Waals surface area contributed by atoms with Crippen LogP contribution in [0.15, 0.2) is 40.5 Å². The highest BCUT2D eigenvalue weighted by molar-refractivity contribution is 7.98. The van der Waals surface area contributed by atoms with Crippen LogP contribution in [0.2, 0.25) is 0 Å². The van der Waals surface area contributed by atoms with Crippen molar-refractivity contribution < 1.29 is 18.4 Å². The van der Waals surface area contributed by atoms with Gasteiger partial charge in [-0.05, 0) is 5.56 Å². The summed E-state index contributed by atoms with van der Waals surface area (Å²) in [4.78, 5) is 0. The van der Waals surface area contributed by atoms with Gasteiger partial charge in [0, 0.05) is 12.8 Å². The van der Waals surface area contributed by atoms with Crippen molar-refractivity contribution in [3.63, 3.8) is 0 Å². The molecule has 1 aromatic heterocycles. The van der Waals surface area contributed by atoms with Gasteiger partial charge in [-0.1, -0.05) is 35.5 Å². The molecule has 0 amide bonds. The molecule has 0 unspecified atom stereocenters. The molecule has 0 radical (unpaired) electrons. The molecular formula is C13H12F3N3OS. The van der Waals surface area contributed by atoms with E-state index in [0.717, 1.165) is 16.5 Å². The highest BCUT2D eigenvalue weighted by Gasteiger charge is 2.38. The molecule has 21 heavy (non-hydrogen) atoms. The Kier molecular flexibility index (Phi) is 4.56. The zero-order valence-electron chi connectivity index (χ0n) is 11.0. The zero-order chi connectivity index (χ0) is 15.5. The van der Waals surface area contributed by atoms with Gasteiger partial charge in [-0.3, -0.25) is 4.68 Å². The topological polar surface area (TPSA) is 50.4 Å². The van der Waals surface area contributed by atoms with Gasteiger partial charge in [0.25, 0.3) is 0 Å². The van der Waals surface area contributed by atoms with Crippen LogP contribution in [0, 0.1) is 0 Å². The first-order valence-corrected chi connectivity index (χ1v) is 6.90. The fourth-order valence-corrected chi connectivity index (χ4v) is 2.83. The molecule has 0 spiro atoms. The molecule has 4 nitrogen and oxygen atoms in total. The molecule has 1 heterocycles. The number of hydrogen-bond donors (Lipinski definition) is 1. The third-order valence-electron chi connectivity index (χ3n) is 2.70. The molecule has 1 aromatic carbocycles. The lowest BCUT2D eigenvalue weighted by Crippen LogP contribution is -2.09. The Labute approximate surface area is 123 Å². The Balaban J connectivity index is 2.32. The standard InChI is InChI=1S/C13H12F3N3OS/c1-19-12(21-8-9-5-3-2-4-6-9)10(7-17-20)11(18-19)13(14,15)16/h2-7,20H,8H2,1H3/b17-7+. The molecule has 2 aromatic rings. The van der Waals surface area contributed by atoms with E-state index in [2.05, 4.69) is 10.3 Å². The van der Waals surface area contributed by atoms with Crippen molar-refractivity contribution in [3.8, 4) is 0 Å². The van der Waals surface area contributed by atoms with Crippen molar-refractivity contribution in [2.24, 2.45) is 12.2 Å². The van der Waals surface area contributed by atoms with Crippen LogP contribution in [0.3, 0.4) is 0 Å². The average Bonchev–Trinajstić information content (AvgIpc) is 2.75. The van der Waals surface area contributed by atoms with Crippen molar-refractivity contribution in [1.82, 2.24) is 9.78 Å². The third-order valence-corrected chi connectivity index (χ3v) is 3.94. The van der Waals surface area contributed by atoms with E-state index in [1.807, 2.05) is 30.3 Å². The summed E-state index contributed by atoms with van der Waals surface area (Å²) in [7, 11) is 1.43. The van der Waals surface area contributed by atoms with Gasteiger partial charge in [0.05, 0.1) is 11.8 Å². The quantitative estimate of drug-likeness (QED) is 0.406. The Bertz CT molecular complexity index is 638. The average molecular weight is 315 g/mol. The molecular weight excluding hydrogens is 303 g/mol.